The number of benzene rings is 1. The molecule has 0 aliphatic rings. The molecule has 0 atom stereocenters. The Morgan fingerprint density at radius 2 is 2.31 bits per heavy atom. The SMILES string of the molecule is O=CCc1cccc(C(=O)OCl)c1. The minimum Gasteiger partial charge on any atom is -0.343 e. The topological polar surface area (TPSA) is 43.4 Å². The predicted molar refractivity (Wildman–Crippen MR) is 47.5 cm³/mol. The summed E-state index contributed by atoms with van der Waals surface area (Å²) in [6.45, 7) is 0. The summed E-state index contributed by atoms with van der Waals surface area (Å²) in [5.41, 5.74) is 1.10. The maximum Gasteiger partial charge on any atom is 0.356 e. The van der Waals surface area contributed by atoms with E-state index in [0.717, 1.165) is 11.8 Å². The molecule has 0 amide bonds. The monoisotopic (exact) mass is 198 g/mol. The summed E-state index contributed by atoms with van der Waals surface area (Å²) < 4.78 is 4.01. The Labute approximate surface area is 80.4 Å². The van der Waals surface area contributed by atoms with Crippen molar-refractivity contribution in [3.63, 3.8) is 0 Å². The van der Waals surface area contributed by atoms with Crippen LogP contribution in [0.25, 0.3) is 0 Å². The van der Waals surface area contributed by atoms with Crippen LogP contribution < -0.4 is 0 Å². The lowest BCUT2D eigenvalue weighted by molar-refractivity contribution is -0.107. The molecule has 3 nitrogen and oxygen atoms in total. The van der Waals surface area contributed by atoms with Crippen LogP contribution >= 0.6 is 11.9 Å². The molecule has 13 heavy (non-hydrogen) atoms. The first-order valence-corrected chi connectivity index (χ1v) is 3.94. The van der Waals surface area contributed by atoms with Crippen molar-refractivity contribution in [2.24, 2.45) is 0 Å². The molecule has 0 saturated carbocycles. The van der Waals surface area contributed by atoms with Crippen molar-refractivity contribution in [3.8, 4) is 0 Å². The maximum atomic E-state index is 10.9. The lowest BCUT2D eigenvalue weighted by Crippen LogP contribution is -1.99. The van der Waals surface area contributed by atoms with E-state index in [4.69, 9.17) is 11.9 Å². The Balaban J connectivity index is 2.90. The van der Waals surface area contributed by atoms with Crippen LogP contribution in [0.4, 0.5) is 0 Å². The molecule has 1 aromatic carbocycles. The van der Waals surface area contributed by atoms with Crippen LogP contribution in [0.2, 0.25) is 0 Å². The summed E-state index contributed by atoms with van der Waals surface area (Å²) >= 11 is 4.90. The summed E-state index contributed by atoms with van der Waals surface area (Å²) in [6, 6.07) is 6.56. The zero-order valence-electron chi connectivity index (χ0n) is 6.70. The van der Waals surface area contributed by atoms with Gasteiger partial charge in [-0.3, -0.25) is 0 Å². The number of halogens is 1. The molecule has 1 rings (SSSR count). The Hall–Kier alpha value is -1.35. The molecule has 0 aromatic heterocycles. The number of carbonyl (C=O) groups is 2. The fraction of sp³-hybridized carbons (Fsp3) is 0.111. The summed E-state index contributed by atoms with van der Waals surface area (Å²) in [7, 11) is 0. The van der Waals surface area contributed by atoms with Crippen LogP contribution in [0.1, 0.15) is 15.9 Å². The van der Waals surface area contributed by atoms with Gasteiger partial charge in [0.05, 0.1) is 5.56 Å². The molecule has 68 valence electrons. The fourth-order valence-corrected chi connectivity index (χ4v) is 1.06. The first-order valence-electron chi connectivity index (χ1n) is 3.63. The predicted octanol–water partition coefficient (Wildman–Crippen LogP) is 1.74. The molecule has 0 saturated heterocycles. The number of hydrogen-bond donors (Lipinski definition) is 0. The molecule has 0 unspecified atom stereocenters. The smallest absolute Gasteiger partial charge is 0.343 e. The summed E-state index contributed by atoms with van der Waals surface area (Å²) in [6.07, 6.45) is 1.05. The number of rotatable bonds is 3. The quantitative estimate of drug-likeness (QED) is 0.695. The van der Waals surface area contributed by atoms with Gasteiger partial charge in [-0.05, 0) is 17.7 Å². The van der Waals surface area contributed by atoms with Crippen LogP contribution in [0.3, 0.4) is 0 Å². The highest BCUT2D eigenvalue weighted by molar-refractivity contribution is 6.15. The Bertz CT molecular complexity index is 322. The van der Waals surface area contributed by atoms with E-state index >= 15 is 0 Å². The standard InChI is InChI=1S/C9H7ClO3/c10-13-9(12)8-3-1-2-7(6-8)4-5-11/h1-3,5-6H,4H2. The zero-order valence-corrected chi connectivity index (χ0v) is 7.45. The van der Waals surface area contributed by atoms with Crippen LogP contribution in [0.15, 0.2) is 24.3 Å². The third-order valence-corrected chi connectivity index (χ3v) is 1.69. The van der Waals surface area contributed by atoms with E-state index in [1.165, 1.54) is 0 Å². The largest absolute Gasteiger partial charge is 0.356 e. The van der Waals surface area contributed by atoms with Crippen LogP contribution in [-0.2, 0) is 15.5 Å². The van der Waals surface area contributed by atoms with Crippen LogP contribution in [-0.4, -0.2) is 12.3 Å². The van der Waals surface area contributed by atoms with E-state index in [1.54, 1.807) is 24.3 Å². The highest BCUT2D eigenvalue weighted by Crippen LogP contribution is 2.07. The van der Waals surface area contributed by atoms with Crippen molar-refractivity contribution in [1.29, 1.82) is 0 Å². The molecule has 0 radical (unpaired) electrons. The molecule has 0 heterocycles. The second-order valence-corrected chi connectivity index (χ2v) is 2.59. The van der Waals surface area contributed by atoms with Crippen LogP contribution in [0.5, 0.6) is 0 Å². The normalized spacial score (nSPS) is 9.31. The number of hydrogen-bond acceptors (Lipinski definition) is 3. The molecule has 0 fully saturated rings. The molecule has 0 spiro atoms. The van der Waals surface area contributed by atoms with Gasteiger partial charge >= 0.3 is 5.97 Å². The van der Waals surface area contributed by atoms with Gasteiger partial charge in [-0.2, -0.15) is 0 Å². The van der Waals surface area contributed by atoms with Gasteiger partial charge in [0.15, 0.2) is 0 Å². The third-order valence-electron chi connectivity index (χ3n) is 1.55. The van der Waals surface area contributed by atoms with E-state index in [0.29, 0.717) is 5.56 Å². The molecule has 1 aromatic rings. The highest BCUT2D eigenvalue weighted by Gasteiger charge is 2.06. The van der Waals surface area contributed by atoms with Crippen molar-refractivity contribution >= 4 is 24.1 Å². The molecule has 4 heteroatoms. The molecule has 0 N–H and O–H groups in total. The second kappa shape index (κ2) is 4.62. The summed E-state index contributed by atoms with van der Waals surface area (Å²) in [5.74, 6) is -0.616. The van der Waals surface area contributed by atoms with Gasteiger partial charge in [0.2, 0.25) is 0 Å². The van der Waals surface area contributed by atoms with E-state index in [1.807, 2.05) is 0 Å². The molecule has 0 bridgehead atoms. The lowest BCUT2D eigenvalue weighted by atomic mass is 10.1. The second-order valence-electron chi connectivity index (χ2n) is 2.44. The van der Waals surface area contributed by atoms with Gasteiger partial charge in [0.1, 0.15) is 18.2 Å². The van der Waals surface area contributed by atoms with Crippen molar-refractivity contribution in [2.75, 3.05) is 0 Å². The van der Waals surface area contributed by atoms with Gasteiger partial charge in [0, 0.05) is 6.42 Å². The van der Waals surface area contributed by atoms with Gasteiger partial charge in [0.25, 0.3) is 0 Å². The number of carbonyl (C=O) groups excluding carboxylic acids is 2. The lowest BCUT2D eigenvalue weighted by Gasteiger charge is -1.98. The molecule has 0 aliphatic carbocycles. The Morgan fingerprint density at radius 1 is 1.54 bits per heavy atom. The molecular formula is C9H7ClO3. The average molecular weight is 199 g/mol. The van der Waals surface area contributed by atoms with E-state index in [9.17, 15) is 9.59 Å². The Morgan fingerprint density at radius 3 is 2.92 bits per heavy atom. The van der Waals surface area contributed by atoms with Crippen molar-refractivity contribution in [3.05, 3.63) is 35.4 Å². The Kier molecular flexibility index (Phi) is 3.46. The highest BCUT2D eigenvalue weighted by atomic mass is 35.5. The van der Waals surface area contributed by atoms with Gasteiger partial charge in [-0.15, -0.1) is 0 Å². The van der Waals surface area contributed by atoms with Crippen LogP contribution in [0, 0.1) is 0 Å². The first-order chi connectivity index (χ1) is 6.27. The van der Waals surface area contributed by atoms with Crippen molar-refractivity contribution in [1.82, 2.24) is 0 Å². The molecular weight excluding hydrogens is 192 g/mol. The number of aldehydes is 1. The van der Waals surface area contributed by atoms with Gasteiger partial charge < -0.3 is 9.08 Å². The summed E-state index contributed by atoms with van der Waals surface area (Å²) in [4.78, 5) is 21.1. The maximum absolute atomic E-state index is 10.9. The fourth-order valence-electron chi connectivity index (χ4n) is 0.966. The van der Waals surface area contributed by atoms with E-state index < -0.39 is 5.97 Å². The molecule has 0 aliphatic heterocycles. The minimum absolute atomic E-state index is 0.281. The van der Waals surface area contributed by atoms with E-state index in [2.05, 4.69) is 4.29 Å². The van der Waals surface area contributed by atoms with Gasteiger partial charge in [-0.25, -0.2) is 4.79 Å². The zero-order chi connectivity index (χ0) is 9.68. The van der Waals surface area contributed by atoms with Crippen molar-refractivity contribution < 1.29 is 13.9 Å². The first kappa shape index (κ1) is 9.74. The minimum atomic E-state index is -0.616. The van der Waals surface area contributed by atoms with Crippen molar-refractivity contribution in [2.45, 2.75) is 6.42 Å². The van der Waals surface area contributed by atoms with Gasteiger partial charge in [-0.1, -0.05) is 12.1 Å². The third kappa shape index (κ3) is 2.56. The summed E-state index contributed by atoms with van der Waals surface area (Å²) in [5, 5.41) is 0. The average Bonchev–Trinajstić information content (AvgIpc) is 2.18. The van der Waals surface area contributed by atoms with E-state index in [-0.39, 0.29) is 6.42 Å².